The van der Waals surface area contributed by atoms with E-state index < -0.39 is 4.92 Å². The fraction of sp³-hybridized carbons (Fsp3) is 0.571. The number of carbonyl (C=O) groups excluding carboxylic acids is 1. The molecule has 0 unspecified atom stereocenters. The average molecular weight is 277 g/mol. The van der Waals surface area contributed by atoms with Crippen LogP contribution in [-0.2, 0) is 0 Å². The molecule has 0 aromatic carbocycles. The lowest BCUT2D eigenvalue weighted by atomic mass is 9.87. The summed E-state index contributed by atoms with van der Waals surface area (Å²) in [7, 11) is 0. The third-order valence-electron chi connectivity index (χ3n) is 3.80. The van der Waals surface area contributed by atoms with Crippen molar-refractivity contribution in [1.29, 1.82) is 0 Å². The molecular weight excluding hydrogens is 258 g/mol. The summed E-state index contributed by atoms with van der Waals surface area (Å²) < 4.78 is 0. The first kappa shape index (κ1) is 14.4. The second-order valence-electron chi connectivity index (χ2n) is 5.53. The first-order chi connectivity index (χ1) is 9.47. The van der Waals surface area contributed by atoms with Gasteiger partial charge in [-0.05, 0) is 25.7 Å². The summed E-state index contributed by atoms with van der Waals surface area (Å²) in [6.07, 6.45) is 5.42. The van der Waals surface area contributed by atoms with Crippen molar-refractivity contribution >= 4 is 11.6 Å². The highest BCUT2D eigenvalue weighted by Crippen LogP contribution is 2.24. The standard InChI is InChI=1S/C14H19N3O3/c1-9-4-3-5-11(6-9)16-14(18)13-7-12(17(19)20)8-15-10(13)2/h7-9,11H,3-6H2,1-2H3,(H,16,18)/t9-,11+/m1/s1. The molecule has 1 aliphatic rings. The van der Waals surface area contributed by atoms with E-state index >= 15 is 0 Å². The quantitative estimate of drug-likeness (QED) is 0.679. The highest BCUT2D eigenvalue weighted by Gasteiger charge is 2.23. The molecule has 0 bridgehead atoms. The normalized spacial score (nSPS) is 22.3. The van der Waals surface area contributed by atoms with E-state index in [4.69, 9.17) is 0 Å². The maximum Gasteiger partial charge on any atom is 0.288 e. The van der Waals surface area contributed by atoms with Crippen LogP contribution in [-0.4, -0.2) is 21.9 Å². The Balaban J connectivity index is 2.12. The molecule has 1 saturated carbocycles. The summed E-state index contributed by atoms with van der Waals surface area (Å²) in [5, 5.41) is 13.7. The summed E-state index contributed by atoms with van der Waals surface area (Å²) in [5.41, 5.74) is 0.646. The number of aromatic nitrogens is 1. The topological polar surface area (TPSA) is 85.1 Å². The van der Waals surface area contributed by atoms with Crippen LogP contribution < -0.4 is 5.32 Å². The molecule has 108 valence electrons. The number of amides is 1. The number of hydrogen-bond acceptors (Lipinski definition) is 4. The van der Waals surface area contributed by atoms with E-state index in [1.165, 1.54) is 18.7 Å². The Morgan fingerprint density at radius 3 is 2.90 bits per heavy atom. The molecule has 0 radical (unpaired) electrons. The van der Waals surface area contributed by atoms with Crippen molar-refractivity contribution in [3.8, 4) is 0 Å². The Morgan fingerprint density at radius 1 is 1.50 bits per heavy atom. The Morgan fingerprint density at radius 2 is 2.25 bits per heavy atom. The summed E-state index contributed by atoms with van der Waals surface area (Å²) in [6.45, 7) is 3.86. The largest absolute Gasteiger partial charge is 0.349 e. The Hall–Kier alpha value is -1.98. The summed E-state index contributed by atoms with van der Waals surface area (Å²) >= 11 is 0. The molecule has 1 amide bonds. The third-order valence-corrected chi connectivity index (χ3v) is 3.80. The van der Waals surface area contributed by atoms with Gasteiger partial charge in [0.15, 0.2) is 0 Å². The first-order valence-electron chi connectivity index (χ1n) is 6.89. The van der Waals surface area contributed by atoms with E-state index in [1.807, 2.05) is 0 Å². The first-order valence-corrected chi connectivity index (χ1v) is 6.89. The predicted molar refractivity (Wildman–Crippen MR) is 74.5 cm³/mol. The van der Waals surface area contributed by atoms with Gasteiger partial charge >= 0.3 is 0 Å². The molecule has 2 atom stereocenters. The van der Waals surface area contributed by atoms with Crippen molar-refractivity contribution in [3.05, 3.63) is 33.6 Å². The number of pyridine rings is 1. The van der Waals surface area contributed by atoms with Crippen LogP contribution in [0.2, 0.25) is 0 Å². The fourth-order valence-electron chi connectivity index (χ4n) is 2.68. The smallest absolute Gasteiger partial charge is 0.288 e. The molecule has 1 heterocycles. The summed E-state index contributed by atoms with van der Waals surface area (Å²) in [4.78, 5) is 26.4. The SMILES string of the molecule is Cc1ncc([N+](=O)[O-])cc1C(=O)N[C@H]1CCC[C@@H](C)C1. The maximum atomic E-state index is 12.2. The zero-order valence-corrected chi connectivity index (χ0v) is 11.8. The van der Waals surface area contributed by atoms with Gasteiger partial charge in [-0.3, -0.25) is 19.9 Å². The highest BCUT2D eigenvalue weighted by atomic mass is 16.6. The van der Waals surface area contributed by atoms with Gasteiger partial charge in [-0.1, -0.05) is 19.8 Å². The van der Waals surface area contributed by atoms with Crippen LogP contribution in [0.1, 0.15) is 48.7 Å². The molecule has 1 fully saturated rings. The Bertz CT molecular complexity index is 530. The molecule has 0 aliphatic heterocycles. The van der Waals surface area contributed by atoms with E-state index in [0.29, 0.717) is 11.6 Å². The van der Waals surface area contributed by atoms with Crippen molar-refractivity contribution < 1.29 is 9.72 Å². The number of carbonyl (C=O) groups is 1. The van der Waals surface area contributed by atoms with Crippen LogP contribution in [0, 0.1) is 23.0 Å². The zero-order valence-electron chi connectivity index (χ0n) is 11.8. The molecule has 6 heteroatoms. The minimum atomic E-state index is -0.536. The molecular formula is C14H19N3O3. The van der Waals surface area contributed by atoms with Crippen LogP contribution in [0.25, 0.3) is 0 Å². The van der Waals surface area contributed by atoms with Crippen molar-refractivity contribution in [1.82, 2.24) is 10.3 Å². The van der Waals surface area contributed by atoms with Crippen molar-refractivity contribution in [2.24, 2.45) is 5.92 Å². The molecule has 1 aliphatic carbocycles. The van der Waals surface area contributed by atoms with E-state index in [0.717, 1.165) is 19.3 Å². The van der Waals surface area contributed by atoms with E-state index in [2.05, 4.69) is 17.2 Å². The van der Waals surface area contributed by atoms with Crippen LogP contribution in [0.4, 0.5) is 5.69 Å². The van der Waals surface area contributed by atoms with Crippen LogP contribution in [0.3, 0.4) is 0 Å². The lowest BCUT2D eigenvalue weighted by Gasteiger charge is -2.27. The minimum Gasteiger partial charge on any atom is -0.349 e. The summed E-state index contributed by atoms with van der Waals surface area (Å²) in [6, 6.07) is 1.45. The predicted octanol–water partition coefficient (Wildman–Crippen LogP) is 2.61. The van der Waals surface area contributed by atoms with Crippen molar-refractivity contribution in [2.45, 2.75) is 45.6 Å². The maximum absolute atomic E-state index is 12.2. The van der Waals surface area contributed by atoms with Crippen LogP contribution >= 0.6 is 0 Å². The second-order valence-corrected chi connectivity index (χ2v) is 5.53. The molecule has 6 nitrogen and oxygen atoms in total. The molecule has 2 rings (SSSR count). The molecule has 20 heavy (non-hydrogen) atoms. The Kier molecular flexibility index (Phi) is 4.32. The van der Waals surface area contributed by atoms with Gasteiger partial charge in [0.1, 0.15) is 6.20 Å². The monoisotopic (exact) mass is 277 g/mol. The molecule has 0 spiro atoms. The zero-order chi connectivity index (χ0) is 14.7. The van der Waals surface area contributed by atoms with Gasteiger partial charge < -0.3 is 5.32 Å². The van der Waals surface area contributed by atoms with E-state index in [9.17, 15) is 14.9 Å². The lowest BCUT2D eigenvalue weighted by molar-refractivity contribution is -0.385. The number of nitrogens with one attached hydrogen (secondary N) is 1. The van der Waals surface area contributed by atoms with E-state index in [-0.39, 0.29) is 23.2 Å². The summed E-state index contributed by atoms with van der Waals surface area (Å²) in [5.74, 6) is 0.344. The van der Waals surface area contributed by atoms with Gasteiger partial charge in [-0.25, -0.2) is 0 Å². The van der Waals surface area contributed by atoms with Gasteiger partial charge in [0, 0.05) is 12.1 Å². The third kappa shape index (κ3) is 3.31. The van der Waals surface area contributed by atoms with Gasteiger partial charge in [-0.15, -0.1) is 0 Å². The number of nitrogens with zero attached hydrogens (tertiary/aromatic N) is 2. The molecule has 1 aromatic heterocycles. The second kappa shape index (κ2) is 5.98. The minimum absolute atomic E-state index is 0.155. The molecule has 0 saturated heterocycles. The fourth-order valence-corrected chi connectivity index (χ4v) is 2.68. The van der Waals surface area contributed by atoms with Crippen LogP contribution in [0.5, 0.6) is 0 Å². The van der Waals surface area contributed by atoms with E-state index in [1.54, 1.807) is 6.92 Å². The number of hydrogen-bond donors (Lipinski definition) is 1. The van der Waals surface area contributed by atoms with Gasteiger partial charge in [0.25, 0.3) is 11.6 Å². The highest BCUT2D eigenvalue weighted by molar-refractivity contribution is 5.95. The number of rotatable bonds is 3. The number of aryl methyl sites for hydroxylation is 1. The van der Waals surface area contributed by atoms with Gasteiger partial charge in [0.2, 0.25) is 0 Å². The van der Waals surface area contributed by atoms with Crippen LogP contribution in [0.15, 0.2) is 12.3 Å². The molecule has 1 N–H and O–H groups in total. The van der Waals surface area contributed by atoms with Gasteiger partial charge in [0.05, 0.1) is 16.2 Å². The van der Waals surface area contributed by atoms with Crippen molar-refractivity contribution in [3.63, 3.8) is 0 Å². The van der Waals surface area contributed by atoms with Crippen molar-refractivity contribution in [2.75, 3.05) is 0 Å². The van der Waals surface area contributed by atoms with Gasteiger partial charge in [-0.2, -0.15) is 0 Å². The molecule has 1 aromatic rings. The average Bonchev–Trinajstić information content (AvgIpc) is 2.38. The lowest BCUT2D eigenvalue weighted by Crippen LogP contribution is -2.38. The number of nitro groups is 1. The Labute approximate surface area is 117 Å².